The largest absolute Gasteiger partial charge is 0.480 e. The van der Waals surface area contributed by atoms with Crippen molar-refractivity contribution in [2.24, 2.45) is 0 Å². The van der Waals surface area contributed by atoms with E-state index in [1.54, 1.807) is 0 Å². The van der Waals surface area contributed by atoms with Crippen molar-refractivity contribution in [1.82, 2.24) is 10.2 Å². The third kappa shape index (κ3) is 5.50. The van der Waals surface area contributed by atoms with Crippen LogP contribution in [0.25, 0.3) is 0 Å². The van der Waals surface area contributed by atoms with Crippen LogP contribution < -0.4 is 5.32 Å². The van der Waals surface area contributed by atoms with Gasteiger partial charge in [0.25, 0.3) is 0 Å². The van der Waals surface area contributed by atoms with Crippen LogP contribution in [0.5, 0.6) is 0 Å². The van der Waals surface area contributed by atoms with E-state index in [0.29, 0.717) is 19.4 Å². The fourth-order valence-corrected chi connectivity index (χ4v) is 3.96. The molecule has 0 bridgehead atoms. The Hall–Kier alpha value is -1.35. The van der Waals surface area contributed by atoms with Gasteiger partial charge in [-0.2, -0.15) is 0 Å². The van der Waals surface area contributed by atoms with E-state index in [-0.39, 0.29) is 17.9 Å². The first-order chi connectivity index (χ1) is 9.76. The number of carbonyl (C=O) groups excluding carboxylic acids is 1. The van der Waals surface area contributed by atoms with Crippen molar-refractivity contribution in [2.45, 2.75) is 31.3 Å². The summed E-state index contributed by atoms with van der Waals surface area (Å²) in [5, 5.41) is 11.5. The second kappa shape index (κ2) is 7.60. The maximum atomic E-state index is 12.0. The summed E-state index contributed by atoms with van der Waals surface area (Å²) in [6.45, 7) is 0.413. The molecule has 0 aromatic carbocycles. The molecule has 2 N–H and O–H groups in total. The van der Waals surface area contributed by atoms with Crippen LogP contribution in [0, 0.1) is 0 Å². The maximum Gasteiger partial charge on any atom is 0.326 e. The van der Waals surface area contributed by atoms with Gasteiger partial charge in [0, 0.05) is 26.8 Å². The van der Waals surface area contributed by atoms with E-state index >= 15 is 0 Å². The van der Waals surface area contributed by atoms with Crippen molar-refractivity contribution in [1.29, 1.82) is 0 Å². The van der Waals surface area contributed by atoms with Crippen LogP contribution in [0.2, 0.25) is 0 Å². The summed E-state index contributed by atoms with van der Waals surface area (Å²) >= 11 is 0. The summed E-state index contributed by atoms with van der Waals surface area (Å²) in [4.78, 5) is 24.4. The summed E-state index contributed by atoms with van der Waals surface area (Å²) in [5.41, 5.74) is 0. The Morgan fingerprint density at radius 2 is 2.14 bits per heavy atom. The number of rotatable bonds is 7. The normalized spacial score (nSPS) is 21.7. The van der Waals surface area contributed by atoms with Gasteiger partial charge in [-0.05, 0) is 19.3 Å². The first kappa shape index (κ1) is 17.7. The quantitative estimate of drug-likeness (QED) is 0.622. The van der Waals surface area contributed by atoms with Gasteiger partial charge in [-0.25, -0.2) is 18.0 Å². The lowest BCUT2D eigenvalue weighted by Gasteiger charge is -2.25. The molecule has 1 aliphatic rings. The number of methoxy groups -OCH3 is 1. The Bertz CT molecular complexity index is 478. The second-order valence-corrected chi connectivity index (χ2v) is 7.37. The molecule has 0 aliphatic carbocycles. The zero-order valence-electron chi connectivity index (χ0n) is 12.2. The number of urea groups is 1. The number of ether oxygens (including phenoxy) is 1. The second-order valence-electron chi connectivity index (χ2n) is 5.14. The number of nitrogens with one attached hydrogen (secondary N) is 1. The van der Waals surface area contributed by atoms with Gasteiger partial charge < -0.3 is 20.1 Å². The first-order valence-corrected chi connectivity index (χ1v) is 8.54. The van der Waals surface area contributed by atoms with E-state index in [1.165, 1.54) is 19.1 Å². The van der Waals surface area contributed by atoms with Crippen molar-refractivity contribution in [3.63, 3.8) is 0 Å². The fourth-order valence-electron chi connectivity index (χ4n) is 2.19. The fraction of sp³-hybridized carbons (Fsp3) is 0.833. The number of hydrogen-bond donors (Lipinski definition) is 2. The van der Waals surface area contributed by atoms with E-state index < -0.39 is 33.9 Å². The molecule has 0 aromatic rings. The van der Waals surface area contributed by atoms with Gasteiger partial charge in [-0.15, -0.1) is 0 Å². The Morgan fingerprint density at radius 3 is 2.62 bits per heavy atom. The summed E-state index contributed by atoms with van der Waals surface area (Å²) in [6.07, 6.45) is 1.15. The minimum atomic E-state index is -3.09. The van der Waals surface area contributed by atoms with Crippen molar-refractivity contribution >= 4 is 21.8 Å². The molecule has 2 atom stereocenters. The molecule has 0 saturated carbocycles. The standard InChI is InChI=1S/C12H22N2O6S/c1-14(9-5-7-21(18,19)8-9)12(17)13-10(11(15)16)4-3-6-20-2/h9-10H,3-8H2,1-2H3,(H,13,17)(H,15,16). The lowest BCUT2D eigenvalue weighted by atomic mass is 10.1. The highest BCUT2D eigenvalue weighted by Gasteiger charge is 2.33. The lowest BCUT2D eigenvalue weighted by molar-refractivity contribution is -0.139. The van der Waals surface area contributed by atoms with Gasteiger partial charge in [-0.1, -0.05) is 0 Å². The number of sulfone groups is 1. The predicted molar refractivity (Wildman–Crippen MR) is 75.9 cm³/mol. The van der Waals surface area contributed by atoms with E-state index in [0.717, 1.165) is 0 Å². The van der Waals surface area contributed by atoms with E-state index in [1.807, 2.05) is 0 Å². The number of carboxylic acid groups (broad SMARTS) is 1. The third-order valence-electron chi connectivity index (χ3n) is 3.51. The van der Waals surface area contributed by atoms with Gasteiger partial charge in [-0.3, -0.25) is 0 Å². The lowest BCUT2D eigenvalue weighted by Crippen LogP contribution is -2.50. The van der Waals surface area contributed by atoms with Crippen molar-refractivity contribution in [3.05, 3.63) is 0 Å². The molecule has 2 unspecified atom stereocenters. The third-order valence-corrected chi connectivity index (χ3v) is 5.26. The zero-order chi connectivity index (χ0) is 16.0. The van der Waals surface area contributed by atoms with Gasteiger partial charge in [0.15, 0.2) is 9.84 Å². The summed E-state index contributed by atoms with van der Waals surface area (Å²) < 4.78 is 27.7. The topological polar surface area (TPSA) is 113 Å². The Morgan fingerprint density at radius 1 is 1.48 bits per heavy atom. The highest BCUT2D eigenvalue weighted by molar-refractivity contribution is 7.91. The van der Waals surface area contributed by atoms with Crippen LogP contribution in [-0.4, -0.2) is 74.8 Å². The van der Waals surface area contributed by atoms with Crippen LogP contribution in [0.1, 0.15) is 19.3 Å². The van der Waals surface area contributed by atoms with Crippen LogP contribution in [0.15, 0.2) is 0 Å². The molecule has 0 radical (unpaired) electrons. The predicted octanol–water partition coefficient (Wildman–Crippen LogP) is -0.305. The molecule has 122 valence electrons. The first-order valence-electron chi connectivity index (χ1n) is 6.72. The molecular weight excluding hydrogens is 300 g/mol. The van der Waals surface area contributed by atoms with Crippen LogP contribution in [0.4, 0.5) is 4.79 Å². The van der Waals surface area contributed by atoms with Gasteiger partial charge in [0.1, 0.15) is 6.04 Å². The SMILES string of the molecule is COCCCC(NC(=O)N(C)C1CCS(=O)(=O)C1)C(=O)O. The van der Waals surface area contributed by atoms with E-state index in [4.69, 9.17) is 9.84 Å². The van der Waals surface area contributed by atoms with Crippen molar-refractivity contribution in [3.8, 4) is 0 Å². The van der Waals surface area contributed by atoms with Crippen LogP contribution in [-0.2, 0) is 19.4 Å². The Labute approximate surface area is 124 Å². The molecule has 1 heterocycles. The molecule has 0 aromatic heterocycles. The molecule has 1 fully saturated rings. The molecular formula is C12H22N2O6S. The highest BCUT2D eigenvalue weighted by Crippen LogP contribution is 2.16. The van der Waals surface area contributed by atoms with Gasteiger partial charge in [0.05, 0.1) is 11.5 Å². The minimum Gasteiger partial charge on any atom is -0.480 e. The Kier molecular flexibility index (Phi) is 6.41. The van der Waals surface area contributed by atoms with E-state index in [2.05, 4.69) is 5.32 Å². The average Bonchev–Trinajstić information content (AvgIpc) is 2.76. The van der Waals surface area contributed by atoms with Gasteiger partial charge >= 0.3 is 12.0 Å². The monoisotopic (exact) mass is 322 g/mol. The molecule has 8 nitrogen and oxygen atoms in total. The Balaban J connectivity index is 2.54. The van der Waals surface area contributed by atoms with Gasteiger partial charge in [0.2, 0.25) is 0 Å². The minimum absolute atomic E-state index is 0.0610. The molecule has 0 spiro atoms. The van der Waals surface area contributed by atoms with E-state index in [9.17, 15) is 18.0 Å². The number of amides is 2. The summed E-state index contributed by atoms with van der Waals surface area (Å²) in [7, 11) is -0.0933. The van der Waals surface area contributed by atoms with Crippen LogP contribution in [0.3, 0.4) is 0 Å². The average molecular weight is 322 g/mol. The van der Waals surface area contributed by atoms with Crippen molar-refractivity contribution in [2.75, 3.05) is 32.3 Å². The number of hydrogen-bond acceptors (Lipinski definition) is 5. The smallest absolute Gasteiger partial charge is 0.326 e. The zero-order valence-corrected chi connectivity index (χ0v) is 13.1. The number of aliphatic carboxylic acids is 1. The summed E-state index contributed by atoms with van der Waals surface area (Å²) in [5.74, 6) is -1.13. The van der Waals surface area contributed by atoms with Crippen LogP contribution >= 0.6 is 0 Å². The molecule has 1 saturated heterocycles. The highest BCUT2D eigenvalue weighted by atomic mass is 32.2. The maximum absolute atomic E-state index is 12.0. The molecule has 9 heteroatoms. The number of carbonyl (C=O) groups is 2. The number of carboxylic acids is 1. The van der Waals surface area contributed by atoms with Crippen molar-refractivity contribution < 1.29 is 27.9 Å². The molecule has 2 amide bonds. The number of nitrogens with zero attached hydrogens (tertiary/aromatic N) is 1. The molecule has 1 aliphatic heterocycles. The molecule has 21 heavy (non-hydrogen) atoms. The molecule has 1 rings (SSSR count). The summed E-state index contributed by atoms with van der Waals surface area (Å²) in [6, 6.07) is -1.97.